The molecule has 0 radical (unpaired) electrons. The van der Waals surface area contributed by atoms with E-state index in [4.69, 9.17) is 5.73 Å². The molecule has 1 aromatic rings. The van der Waals surface area contributed by atoms with Gasteiger partial charge in [-0.05, 0) is 19.0 Å². The molecule has 0 spiro atoms. The van der Waals surface area contributed by atoms with E-state index < -0.39 is 22.3 Å². The first-order valence-corrected chi connectivity index (χ1v) is 6.39. The molecule has 1 aromatic carbocycles. The van der Waals surface area contributed by atoms with Crippen LogP contribution in [0.15, 0.2) is 23.8 Å². The number of nitro benzene ring substituents is 1. The second-order valence-corrected chi connectivity index (χ2v) is 4.64. The summed E-state index contributed by atoms with van der Waals surface area (Å²) in [5.74, 6) is -1.50. The predicted octanol–water partition coefficient (Wildman–Crippen LogP) is 1.39. The summed E-state index contributed by atoms with van der Waals surface area (Å²) in [6.07, 6.45) is 2.76. The zero-order chi connectivity index (χ0) is 15.4. The topological polar surface area (TPSA) is 110 Å². The third-order valence-corrected chi connectivity index (χ3v) is 3.20. The van der Waals surface area contributed by atoms with Crippen LogP contribution in [0.4, 0.5) is 15.8 Å². The number of nitrogen functional groups attached to an aromatic ring is 1. The molecule has 22 heavy (non-hydrogen) atoms. The number of halogens is 2. The minimum atomic E-state index is -0.873. The summed E-state index contributed by atoms with van der Waals surface area (Å²) in [6, 6.07) is 1.59. The van der Waals surface area contributed by atoms with Crippen molar-refractivity contribution < 1.29 is 14.1 Å². The van der Waals surface area contributed by atoms with Crippen molar-refractivity contribution in [3.63, 3.8) is 0 Å². The molecule has 0 saturated carbocycles. The number of anilines is 1. The van der Waals surface area contributed by atoms with Gasteiger partial charge < -0.3 is 16.4 Å². The Bertz CT molecular complexity index is 622. The minimum absolute atomic E-state index is 0. The van der Waals surface area contributed by atoms with Gasteiger partial charge >= 0.3 is 0 Å². The maximum absolute atomic E-state index is 13.4. The number of carbonyl (C=O) groups is 1. The number of nitrogens with one attached hydrogen (secondary N) is 2. The van der Waals surface area contributed by atoms with Gasteiger partial charge in [0.05, 0.1) is 16.6 Å². The number of carbonyl (C=O) groups excluding carboxylic acids is 1. The third-order valence-electron chi connectivity index (χ3n) is 3.20. The van der Waals surface area contributed by atoms with Gasteiger partial charge in [0, 0.05) is 13.1 Å². The number of benzene rings is 1. The number of nitro groups is 1. The molecular weight excluding hydrogens is 315 g/mol. The minimum Gasteiger partial charge on any atom is -0.393 e. The molecule has 4 N–H and O–H groups in total. The molecule has 0 aromatic heterocycles. The van der Waals surface area contributed by atoms with Gasteiger partial charge in [0.15, 0.2) is 0 Å². The number of hydrogen-bond acceptors (Lipinski definition) is 5. The molecule has 1 aliphatic heterocycles. The van der Waals surface area contributed by atoms with Crippen molar-refractivity contribution >= 4 is 29.7 Å². The molecule has 0 atom stereocenters. The van der Waals surface area contributed by atoms with E-state index in [-0.39, 0.29) is 23.7 Å². The lowest BCUT2D eigenvalue weighted by molar-refractivity contribution is -0.384. The summed E-state index contributed by atoms with van der Waals surface area (Å²) in [7, 11) is 0. The highest BCUT2D eigenvalue weighted by molar-refractivity contribution is 6.01. The fourth-order valence-corrected chi connectivity index (χ4v) is 2.06. The van der Waals surface area contributed by atoms with Gasteiger partial charge in [-0.3, -0.25) is 14.9 Å². The van der Waals surface area contributed by atoms with Crippen molar-refractivity contribution in [1.82, 2.24) is 10.6 Å². The summed E-state index contributed by atoms with van der Waals surface area (Å²) in [5.41, 5.74) is 5.45. The highest BCUT2D eigenvalue weighted by Crippen LogP contribution is 2.26. The van der Waals surface area contributed by atoms with E-state index in [1.54, 1.807) is 0 Å². The Balaban J connectivity index is 0.00000242. The fourth-order valence-electron chi connectivity index (χ4n) is 2.06. The molecule has 0 aliphatic carbocycles. The van der Waals surface area contributed by atoms with Crippen molar-refractivity contribution in [2.24, 2.45) is 0 Å². The predicted molar refractivity (Wildman–Crippen MR) is 82.6 cm³/mol. The lowest BCUT2D eigenvalue weighted by Gasteiger charge is -2.15. The molecule has 7 nitrogen and oxygen atoms in total. The van der Waals surface area contributed by atoms with Gasteiger partial charge in [-0.15, -0.1) is 12.4 Å². The average molecular weight is 331 g/mol. The van der Waals surface area contributed by atoms with Gasteiger partial charge in [0.25, 0.3) is 11.6 Å². The van der Waals surface area contributed by atoms with Crippen LogP contribution < -0.4 is 16.4 Å². The van der Waals surface area contributed by atoms with Crippen LogP contribution >= 0.6 is 12.4 Å². The largest absolute Gasteiger partial charge is 0.393 e. The van der Waals surface area contributed by atoms with E-state index in [1.807, 2.05) is 6.08 Å². The highest BCUT2D eigenvalue weighted by atomic mass is 35.5. The van der Waals surface area contributed by atoms with Crippen LogP contribution in [0.25, 0.3) is 0 Å². The molecular formula is C13H16ClFN4O3. The summed E-state index contributed by atoms with van der Waals surface area (Å²) in [6.45, 7) is 1.87. The number of rotatable bonds is 4. The Labute approximate surface area is 132 Å². The molecule has 0 saturated heterocycles. The van der Waals surface area contributed by atoms with Crippen molar-refractivity contribution in [2.75, 3.05) is 25.4 Å². The number of hydrogen-bond donors (Lipinski definition) is 3. The van der Waals surface area contributed by atoms with E-state index in [1.165, 1.54) is 0 Å². The molecule has 9 heteroatoms. The molecule has 1 heterocycles. The first-order valence-electron chi connectivity index (χ1n) is 6.39. The number of nitrogens with zero attached hydrogens (tertiary/aromatic N) is 1. The van der Waals surface area contributed by atoms with Gasteiger partial charge in [-0.1, -0.05) is 11.6 Å². The molecule has 120 valence electrons. The van der Waals surface area contributed by atoms with Crippen LogP contribution in [0.1, 0.15) is 16.8 Å². The zero-order valence-corrected chi connectivity index (χ0v) is 12.4. The molecule has 1 amide bonds. The van der Waals surface area contributed by atoms with Crippen LogP contribution in [0, 0.1) is 15.9 Å². The van der Waals surface area contributed by atoms with E-state index in [9.17, 15) is 19.3 Å². The quantitative estimate of drug-likeness (QED) is 0.334. The lowest BCUT2D eigenvalue weighted by Crippen LogP contribution is -2.30. The second-order valence-electron chi connectivity index (χ2n) is 4.64. The van der Waals surface area contributed by atoms with Crippen LogP contribution in [0.3, 0.4) is 0 Å². The van der Waals surface area contributed by atoms with Crippen LogP contribution in [0.5, 0.6) is 0 Å². The van der Waals surface area contributed by atoms with Gasteiger partial charge in [-0.2, -0.15) is 0 Å². The average Bonchev–Trinajstić information content (AvgIpc) is 2.47. The first-order chi connectivity index (χ1) is 9.99. The lowest BCUT2D eigenvalue weighted by atomic mass is 10.1. The molecule has 0 bridgehead atoms. The second kappa shape index (κ2) is 7.71. The number of nitrogens with two attached hydrogens (primary N) is 1. The van der Waals surface area contributed by atoms with Crippen LogP contribution in [-0.2, 0) is 0 Å². The van der Waals surface area contributed by atoms with Crippen molar-refractivity contribution in [1.29, 1.82) is 0 Å². The summed E-state index contributed by atoms with van der Waals surface area (Å²) < 4.78 is 13.4. The molecule has 1 aliphatic rings. The summed E-state index contributed by atoms with van der Waals surface area (Å²) in [4.78, 5) is 22.0. The Morgan fingerprint density at radius 1 is 1.50 bits per heavy atom. The Morgan fingerprint density at radius 3 is 2.82 bits per heavy atom. The number of amides is 1. The van der Waals surface area contributed by atoms with Gasteiger partial charge in [0.1, 0.15) is 11.5 Å². The summed E-state index contributed by atoms with van der Waals surface area (Å²) in [5, 5.41) is 16.5. The Morgan fingerprint density at radius 2 is 2.23 bits per heavy atom. The van der Waals surface area contributed by atoms with Gasteiger partial charge in [-0.25, -0.2) is 4.39 Å². The monoisotopic (exact) mass is 330 g/mol. The van der Waals surface area contributed by atoms with E-state index in [2.05, 4.69) is 10.6 Å². The fraction of sp³-hybridized carbons (Fsp3) is 0.308. The van der Waals surface area contributed by atoms with Crippen molar-refractivity contribution in [3.8, 4) is 0 Å². The Hall–Kier alpha value is -2.19. The van der Waals surface area contributed by atoms with Gasteiger partial charge in [0.2, 0.25) is 0 Å². The Kier molecular flexibility index (Phi) is 6.26. The normalized spacial score (nSPS) is 13.8. The third kappa shape index (κ3) is 4.15. The smallest absolute Gasteiger partial charge is 0.295 e. The first kappa shape index (κ1) is 17.9. The standard InChI is InChI=1S/C13H15FN4O3.ClH/c14-9-5-10(12(15)11(6-9)18(20)21)13(19)17-7-8-1-3-16-4-2-8;/h1,5-6,16H,2-4,7,15H2,(H,17,19);1H. The van der Waals surface area contributed by atoms with E-state index in [0.29, 0.717) is 12.6 Å². The zero-order valence-electron chi connectivity index (χ0n) is 11.6. The van der Waals surface area contributed by atoms with Crippen molar-refractivity contribution in [3.05, 3.63) is 45.3 Å². The van der Waals surface area contributed by atoms with E-state index >= 15 is 0 Å². The highest BCUT2D eigenvalue weighted by Gasteiger charge is 2.21. The molecule has 2 rings (SSSR count). The molecule has 0 fully saturated rings. The molecule has 0 unspecified atom stereocenters. The maximum Gasteiger partial charge on any atom is 0.295 e. The summed E-state index contributed by atoms with van der Waals surface area (Å²) >= 11 is 0. The SMILES string of the molecule is Cl.Nc1c(C(=O)NCC2=CCNCC2)cc(F)cc1[N+](=O)[O-]. The van der Waals surface area contributed by atoms with Crippen molar-refractivity contribution in [2.45, 2.75) is 6.42 Å². The maximum atomic E-state index is 13.4. The van der Waals surface area contributed by atoms with E-state index in [0.717, 1.165) is 31.1 Å². The van der Waals surface area contributed by atoms with Crippen LogP contribution in [0.2, 0.25) is 0 Å². The van der Waals surface area contributed by atoms with Crippen LogP contribution in [-0.4, -0.2) is 30.5 Å².